The number of hydrogen-bond acceptors (Lipinski definition) is 1. The molecule has 0 saturated heterocycles. The summed E-state index contributed by atoms with van der Waals surface area (Å²) in [7, 11) is 0. The van der Waals surface area contributed by atoms with Gasteiger partial charge in [-0.05, 0) is 24.2 Å². The van der Waals surface area contributed by atoms with E-state index in [1.54, 1.807) is 0 Å². The van der Waals surface area contributed by atoms with Gasteiger partial charge in [0.05, 0.1) is 0 Å². The quantitative estimate of drug-likeness (QED) is 0.605. The maximum Gasteiger partial charge on any atom is 0.0254 e. The van der Waals surface area contributed by atoms with Gasteiger partial charge in [0.2, 0.25) is 0 Å². The zero-order valence-electron chi connectivity index (χ0n) is 7.64. The summed E-state index contributed by atoms with van der Waals surface area (Å²) in [6.45, 7) is 8.37. The van der Waals surface area contributed by atoms with Crippen molar-refractivity contribution in [1.82, 2.24) is 0 Å². The van der Waals surface area contributed by atoms with Crippen LogP contribution < -0.4 is 5.73 Å². The molecule has 1 aliphatic carbocycles. The lowest BCUT2D eigenvalue weighted by molar-refractivity contribution is 0.241. The van der Waals surface area contributed by atoms with Crippen LogP contribution in [-0.4, -0.2) is 6.04 Å². The first kappa shape index (κ1) is 8.79. The van der Waals surface area contributed by atoms with Crippen LogP contribution >= 0.6 is 0 Å². The second kappa shape index (κ2) is 2.98. The van der Waals surface area contributed by atoms with Gasteiger partial charge in [0.25, 0.3) is 0 Å². The summed E-state index contributed by atoms with van der Waals surface area (Å²) in [6, 6.07) is 0.201. The third kappa shape index (κ3) is 1.64. The van der Waals surface area contributed by atoms with Crippen LogP contribution in [0.1, 0.15) is 33.1 Å². The molecular weight excluding hydrogens is 134 g/mol. The molecular formula is C10H19N. The van der Waals surface area contributed by atoms with Gasteiger partial charge in [0.15, 0.2) is 0 Å². The smallest absolute Gasteiger partial charge is 0.0254 e. The molecule has 64 valence electrons. The van der Waals surface area contributed by atoms with Gasteiger partial charge in [-0.2, -0.15) is 0 Å². The third-order valence-electron chi connectivity index (χ3n) is 3.08. The van der Waals surface area contributed by atoms with Crippen molar-refractivity contribution >= 4 is 0 Å². The van der Waals surface area contributed by atoms with E-state index in [1.807, 2.05) is 6.08 Å². The fourth-order valence-corrected chi connectivity index (χ4v) is 2.23. The normalized spacial score (nSPS) is 31.7. The molecule has 1 aliphatic rings. The Labute approximate surface area is 69.7 Å². The number of rotatable bonds is 2. The summed E-state index contributed by atoms with van der Waals surface area (Å²) in [6.07, 6.45) is 5.82. The zero-order chi connectivity index (χ0) is 8.48. The molecule has 0 radical (unpaired) electrons. The van der Waals surface area contributed by atoms with Crippen molar-refractivity contribution in [2.24, 2.45) is 17.1 Å². The second-order valence-corrected chi connectivity index (χ2v) is 4.30. The van der Waals surface area contributed by atoms with Crippen molar-refractivity contribution in [2.75, 3.05) is 0 Å². The van der Waals surface area contributed by atoms with Crippen LogP contribution in [0.3, 0.4) is 0 Å². The summed E-state index contributed by atoms with van der Waals surface area (Å²) >= 11 is 0. The van der Waals surface area contributed by atoms with E-state index >= 15 is 0 Å². The van der Waals surface area contributed by atoms with Gasteiger partial charge in [0.1, 0.15) is 0 Å². The van der Waals surface area contributed by atoms with Crippen LogP contribution in [0.4, 0.5) is 0 Å². The van der Waals surface area contributed by atoms with Gasteiger partial charge in [-0.3, -0.25) is 0 Å². The van der Waals surface area contributed by atoms with E-state index in [-0.39, 0.29) is 6.04 Å². The average Bonchev–Trinajstić information content (AvgIpc) is 2.28. The Morgan fingerprint density at radius 1 is 1.64 bits per heavy atom. The van der Waals surface area contributed by atoms with E-state index in [1.165, 1.54) is 19.3 Å². The standard InChI is InChI=1S/C10H19N/c1-4-9(11)8-6-5-7-10(8,2)3/h4,8-9H,1,5-7,11H2,2-3H3. The first-order chi connectivity index (χ1) is 5.08. The molecule has 0 aromatic heterocycles. The molecule has 0 aromatic carbocycles. The summed E-state index contributed by atoms with van der Waals surface area (Å²) in [4.78, 5) is 0. The monoisotopic (exact) mass is 153 g/mol. The summed E-state index contributed by atoms with van der Waals surface area (Å²) in [5.41, 5.74) is 6.37. The van der Waals surface area contributed by atoms with Crippen molar-refractivity contribution in [3.05, 3.63) is 12.7 Å². The van der Waals surface area contributed by atoms with Crippen molar-refractivity contribution in [3.63, 3.8) is 0 Å². The van der Waals surface area contributed by atoms with Gasteiger partial charge in [-0.1, -0.05) is 26.3 Å². The highest BCUT2D eigenvalue weighted by atomic mass is 14.7. The molecule has 0 aromatic rings. The topological polar surface area (TPSA) is 26.0 Å². The molecule has 2 atom stereocenters. The van der Waals surface area contributed by atoms with Crippen molar-refractivity contribution in [2.45, 2.75) is 39.2 Å². The van der Waals surface area contributed by atoms with E-state index in [0.717, 1.165) is 0 Å². The Bertz CT molecular complexity index is 149. The van der Waals surface area contributed by atoms with Crippen molar-refractivity contribution in [1.29, 1.82) is 0 Å². The third-order valence-corrected chi connectivity index (χ3v) is 3.08. The molecule has 11 heavy (non-hydrogen) atoms. The van der Waals surface area contributed by atoms with Gasteiger partial charge < -0.3 is 5.73 Å². The molecule has 0 amide bonds. The van der Waals surface area contributed by atoms with Gasteiger partial charge in [0, 0.05) is 6.04 Å². The largest absolute Gasteiger partial charge is 0.324 e. The van der Waals surface area contributed by atoms with Crippen LogP contribution in [0, 0.1) is 11.3 Å². The van der Waals surface area contributed by atoms with E-state index in [9.17, 15) is 0 Å². The molecule has 0 spiro atoms. The van der Waals surface area contributed by atoms with Gasteiger partial charge >= 0.3 is 0 Å². The van der Waals surface area contributed by atoms with E-state index in [2.05, 4.69) is 20.4 Å². The molecule has 1 fully saturated rings. The van der Waals surface area contributed by atoms with Crippen LogP contribution in [0.2, 0.25) is 0 Å². The Balaban J connectivity index is 2.64. The lowest BCUT2D eigenvalue weighted by atomic mass is 9.78. The fourth-order valence-electron chi connectivity index (χ4n) is 2.23. The predicted octanol–water partition coefficient (Wildman–Crippen LogP) is 2.33. The predicted molar refractivity (Wildman–Crippen MR) is 49.3 cm³/mol. The summed E-state index contributed by atoms with van der Waals surface area (Å²) in [5.74, 6) is 0.653. The molecule has 1 rings (SSSR count). The summed E-state index contributed by atoms with van der Waals surface area (Å²) in [5, 5.41) is 0. The maximum atomic E-state index is 5.94. The van der Waals surface area contributed by atoms with Crippen LogP contribution in [0.15, 0.2) is 12.7 Å². The van der Waals surface area contributed by atoms with Crippen molar-refractivity contribution < 1.29 is 0 Å². The molecule has 1 heteroatoms. The molecule has 0 aliphatic heterocycles. The van der Waals surface area contributed by atoms with Crippen LogP contribution in [0.5, 0.6) is 0 Å². The van der Waals surface area contributed by atoms with E-state index < -0.39 is 0 Å². The first-order valence-corrected chi connectivity index (χ1v) is 4.46. The minimum atomic E-state index is 0.201. The average molecular weight is 153 g/mol. The Hall–Kier alpha value is -0.300. The molecule has 2 N–H and O–H groups in total. The number of nitrogens with two attached hydrogens (primary N) is 1. The van der Waals surface area contributed by atoms with Gasteiger partial charge in [-0.25, -0.2) is 0 Å². The van der Waals surface area contributed by atoms with Gasteiger partial charge in [-0.15, -0.1) is 6.58 Å². The zero-order valence-corrected chi connectivity index (χ0v) is 7.64. The van der Waals surface area contributed by atoms with E-state index in [4.69, 9.17) is 5.73 Å². The minimum Gasteiger partial charge on any atom is -0.324 e. The molecule has 1 saturated carbocycles. The fraction of sp³-hybridized carbons (Fsp3) is 0.800. The minimum absolute atomic E-state index is 0.201. The maximum absolute atomic E-state index is 5.94. The lowest BCUT2D eigenvalue weighted by Crippen LogP contribution is -2.34. The summed E-state index contributed by atoms with van der Waals surface area (Å²) < 4.78 is 0. The lowest BCUT2D eigenvalue weighted by Gasteiger charge is -2.30. The SMILES string of the molecule is C=CC(N)C1CCCC1(C)C. The highest BCUT2D eigenvalue weighted by Crippen LogP contribution is 2.43. The van der Waals surface area contributed by atoms with E-state index in [0.29, 0.717) is 11.3 Å². The highest BCUT2D eigenvalue weighted by Gasteiger charge is 2.36. The molecule has 2 unspecified atom stereocenters. The Morgan fingerprint density at radius 2 is 2.27 bits per heavy atom. The van der Waals surface area contributed by atoms with Crippen LogP contribution in [-0.2, 0) is 0 Å². The Morgan fingerprint density at radius 3 is 2.64 bits per heavy atom. The molecule has 1 nitrogen and oxygen atoms in total. The first-order valence-electron chi connectivity index (χ1n) is 4.46. The second-order valence-electron chi connectivity index (χ2n) is 4.30. The number of hydrogen-bond donors (Lipinski definition) is 1. The Kier molecular flexibility index (Phi) is 2.38. The van der Waals surface area contributed by atoms with Crippen molar-refractivity contribution in [3.8, 4) is 0 Å². The highest BCUT2D eigenvalue weighted by molar-refractivity contribution is 4.97. The van der Waals surface area contributed by atoms with Crippen LogP contribution in [0.25, 0.3) is 0 Å². The molecule has 0 bridgehead atoms. The molecule has 0 heterocycles.